The first-order chi connectivity index (χ1) is 8.59. The Kier molecular flexibility index (Phi) is 4.12. The minimum Gasteiger partial charge on any atom is -0.507 e. The summed E-state index contributed by atoms with van der Waals surface area (Å²) in [6, 6.07) is 4.85. The number of halogens is 1. The van der Waals surface area contributed by atoms with Crippen LogP contribution in [0, 0.1) is 0 Å². The number of hydrogen-bond acceptors (Lipinski definition) is 2. The average molecular weight is 268 g/mol. The zero-order chi connectivity index (χ0) is 13.1. The second-order valence-corrected chi connectivity index (χ2v) is 5.31. The first-order valence-electron chi connectivity index (χ1n) is 6.35. The molecule has 1 aromatic rings. The summed E-state index contributed by atoms with van der Waals surface area (Å²) in [5.74, 6) is -0.158. The molecule has 4 heteroatoms. The molecule has 1 N–H and O–H groups in total. The van der Waals surface area contributed by atoms with Gasteiger partial charge < -0.3 is 10.0 Å². The molecule has 1 aliphatic carbocycles. The van der Waals surface area contributed by atoms with Gasteiger partial charge in [0.05, 0.1) is 5.56 Å². The Morgan fingerprint density at radius 1 is 1.33 bits per heavy atom. The quantitative estimate of drug-likeness (QED) is 0.892. The van der Waals surface area contributed by atoms with Crippen molar-refractivity contribution in [1.82, 2.24) is 4.90 Å². The van der Waals surface area contributed by atoms with Gasteiger partial charge in [-0.25, -0.2) is 0 Å². The predicted molar refractivity (Wildman–Crippen MR) is 72.1 cm³/mol. The maximum absolute atomic E-state index is 12.3. The van der Waals surface area contributed by atoms with Crippen molar-refractivity contribution in [2.75, 3.05) is 7.05 Å². The van der Waals surface area contributed by atoms with E-state index in [1.165, 1.54) is 31.4 Å². The summed E-state index contributed by atoms with van der Waals surface area (Å²) in [5, 5.41) is 10.2. The lowest BCUT2D eigenvalue weighted by atomic mass is 9.94. The van der Waals surface area contributed by atoms with Crippen molar-refractivity contribution < 1.29 is 9.90 Å². The SMILES string of the molecule is CN(C(=O)c1cc(Cl)ccc1O)C1CCCCC1. The predicted octanol–water partition coefficient (Wildman–Crippen LogP) is 3.45. The third-order valence-electron chi connectivity index (χ3n) is 3.63. The van der Waals surface area contributed by atoms with E-state index in [-0.39, 0.29) is 23.3 Å². The third-order valence-corrected chi connectivity index (χ3v) is 3.87. The van der Waals surface area contributed by atoms with Gasteiger partial charge >= 0.3 is 0 Å². The van der Waals surface area contributed by atoms with Gasteiger partial charge in [-0.2, -0.15) is 0 Å². The highest BCUT2D eigenvalue weighted by Crippen LogP contribution is 2.26. The van der Waals surface area contributed by atoms with Crippen LogP contribution in [0.4, 0.5) is 0 Å². The van der Waals surface area contributed by atoms with Crippen molar-refractivity contribution in [3.63, 3.8) is 0 Å². The number of carbonyl (C=O) groups excluding carboxylic acids is 1. The summed E-state index contributed by atoms with van der Waals surface area (Å²) in [4.78, 5) is 14.1. The van der Waals surface area contributed by atoms with Crippen LogP contribution in [0.1, 0.15) is 42.5 Å². The second-order valence-electron chi connectivity index (χ2n) is 4.87. The van der Waals surface area contributed by atoms with Gasteiger partial charge in [0.2, 0.25) is 0 Å². The van der Waals surface area contributed by atoms with Crippen LogP contribution in [-0.2, 0) is 0 Å². The van der Waals surface area contributed by atoms with Gasteiger partial charge in [-0.3, -0.25) is 4.79 Å². The number of aromatic hydroxyl groups is 1. The van der Waals surface area contributed by atoms with Gasteiger partial charge in [-0.15, -0.1) is 0 Å². The summed E-state index contributed by atoms with van der Waals surface area (Å²) in [6.45, 7) is 0. The molecule has 0 aliphatic heterocycles. The van der Waals surface area contributed by atoms with Crippen molar-refractivity contribution in [2.45, 2.75) is 38.1 Å². The molecule has 0 unspecified atom stereocenters. The molecular weight excluding hydrogens is 250 g/mol. The molecular formula is C14H18ClNO2. The average Bonchev–Trinajstić information content (AvgIpc) is 2.41. The van der Waals surface area contributed by atoms with E-state index in [1.807, 2.05) is 0 Å². The largest absolute Gasteiger partial charge is 0.507 e. The van der Waals surface area contributed by atoms with Gasteiger partial charge in [0.15, 0.2) is 0 Å². The second kappa shape index (κ2) is 5.61. The van der Waals surface area contributed by atoms with Crippen LogP contribution in [0.3, 0.4) is 0 Å². The maximum atomic E-state index is 12.3. The van der Waals surface area contributed by atoms with E-state index in [2.05, 4.69) is 0 Å². The molecule has 2 rings (SSSR count). The van der Waals surface area contributed by atoms with Crippen molar-refractivity contribution in [3.8, 4) is 5.75 Å². The Hall–Kier alpha value is -1.22. The lowest BCUT2D eigenvalue weighted by molar-refractivity contribution is 0.0693. The summed E-state index contributed by atoms with van der Waals surface area (Å²) in [5.41, 5.74) is 0.288. The van der Waals surface area contributed by atoms with Gasteiger partial charge in [0, 0.05) is 18.1 Å². The third kappa shape index (κ3) is 2.78. The smallest absolute Gasteiger partial charge is 0.257 e. The topological polar surface area (TPSA) is 40.5 Å². The van der Waals surface area contributed by atoms with E-state index < -0.39 is 0 Å². The number of amides is 1. The fraction of sp³-hybridized carbons (Fsp3) is 0.500. The van der Waals surface area contributed by atoms with Crippen LogP contribution < -0.4 is 0 Å². The molecule has 0 saturated heterocycles. The summed E-state index contributed by atoms with van der Waals surface area (Å²) >= 11 is 5.87. The van der Waals surface area contributed by atoms with Gasteiger partial charge in [-0.1, -0.05) is 30.9 Å². The Balaban J connectivity index is 2.16. The first kappa shape index (κ1) is 13.2. The number of carbonyl (C=O) groups is 1. The number of phenols is 1. The highest BCUT2D eigenvalue weighted by atomic mass is 35.5. The normalized spacial score (nSPS) is 16.6. The Bertz CT molecular complexity index is 441. The fourth-order valence-corrected chi connectivity index (χ4v) is 2.68. The summed E-state index contributed by atoms with van der Waals surface area (Å²) < 4.78 is 0. The molecule has 0 spiro atoms. The molecule has 0 bridgehead atoms. The number of nitrogens with zero attached hydrogens (tertiary/aromatic N) is 1. The maximum Gasteiger partial charge on any atom is 0.257 e. The van der Waals surface area contributed by atoms with Crippen molar-refractivity contribution in [2.24, 2.45) is 0 Å². The Morgan fingerprint density at radius 3 is 2.67 bits per heavy atom. The van der Waals surface area contributed by atoms with Crippen LogP contribution in [0.2, 0.25) is 5.02 Å². The molecule has 0 atom stereocenters. The highest BCUT2D eigenvalue weighted by Gasteiger charge is 2.24. The van der Waals surface area contributed by atoms with E-state index in [9.17, 15) is 9.90 Å². The lowest BCUT2D eigenvalue weighted by Crippen LogP contribution is -2.38. The molecule has 1 fully saturated rings. The molecule has 98 valence electrons. The summed E-state index contributed by atoms with van der Waals surface area (Å²) in [7, 11) is 1.80. The van der Waals surface area contributed by atoms with Crippen molar-refractivity contribution in [1.29, 1.82) is 0 Å². The van der Waals surface area contributed by atoms with Crippen LogP contribution >= 0.6 is 11.6 Å². The highest BCUT2D eigenvalue weighted by molar-refractivity contribution is 6.31. The van der Waals surface area contributed by atoms with E-state index >= 15 is 0 Å². The standard InChI is InChI=1S/C14H18ClNO2/c1-16(11-5-3-2-4-6-11)14(18)12-9-10(15)7-8-13(12)17/h7-9,11,17H,2-6H2,1H3. The Labute approximate surface area is 112 Å². The van der Waals surface area contributed by atoms with Crippen LogP contribution in [0.25, 0.3) is 0 Å². The van der Waals surface area contributed by atoms with E-state index in [0.29, 0.717) is 5.02 Å². The first-order valence-corrected chi connectivity index (χ1v) is 6.73. The van der Waals surface area contributed by atoms with Gasteiger partial charge in [-0.05, 0) is 31.0 Å². The molecule has 1 aliphatic rings. The molecule has 18 heavy (non-hydrogen) atoms. The van der Waals surface area contributed by atoms with Crippen molar-refractivity contribution >= 4 is 17.5 Å². The molecule has 0 aromatic heterocycles. The van der Waals surface area contributed by atoms with E-state index in [0.717, 1.165) is 12.8 Å². The van der Waals surface area contributed by atoms with Crippen molar-refractivity contribution in [3.05, 3.63) is 28.8 Å². The number of rotatable bonds is 2. The van der Waals surface area contributed by atoms with Crippen LogP contribution in [0.15, 0.2) is 18.2 Å². The van der Waals surface area contributed by atoms with E-state index in [1.54, 1.807) is 18.0 Å². The van der Waals surface area contributed by atoms with Gasteiger partial charge in [0.25, 0.3) is 5.91 Å². The molecule has 0 heterocycles. The number of phenolic OH excluding ortho intramolecular Hbond substituents is 1. The molecule has 3 nitrogen and oxygen atoms in total. The van der Waals surface area contributed by atoms with Gasteiger partial charge in [0.1, 0.15) is 5.75 Å². The minimum absolute atomic E-state index is 0.00735. The lowest BCUT2D eigenvalue weighted by Gasteiger charge is -2.31. The van der Waals surface area contributed by atoms with E-state index in [4.69, 9.17) is 11.6 Å². The zero-order valence-electron chi connectivity index (χ0n) is 10.5. The number of hydrogen-bond donors (Lipinski definition) is 1. The molecule has 0 radical (unpaired) electrons. The zero-order valence-corrected chi connectivity index (χ0v) is 11.3. The van der Waals surface area contributed by atoms with Crippen LogP contribution in [-0.4, -0.2) is 29.0 Å². The monoisotopic (exact) mass is 267 g/mol. The number of benzene rings is 1. The fourth-order valence-electron chi connectivity index (χ4n) is 2.50. The Morgan fingerprint density at radius 2 is 2.00 bits per heavy atom. The minimum atomic E-state index is -0.151. The molecule has 1 aromatic carbocycles. The molecule has 1 amide bonds. The molecule has 1 saturated carbocycles. The summed E-state index contributed by atoms with van der Waals surface area (Å²) in [6.07, 6.45) is 5.68. The van der Waals surface area contributed by atoms with Crippen LogP contribution in [0.5, 0.6) is 5.75 Å².